The Morgan fingerprint density at radius 2 is 1.89 bits per heavy atom. The molecule has 92 valence electrons. The number of carbonyl (C=O) groups excluding carboxylic acids is 1. The van der Waals surface area contributed by atoms with E-state index < -0.39 is 17.7 Å². The van der Waals surface area contributed by atoms with Crippen LogP contribution in [0, 0.1) is 5.82 Å². The Morgan fingerprint density at radius 3 is 2.44 bits per heavy atom. The molecule has 0 aliphatic carbocycles. The van der Waals surface area contributed by atoms with Gasteiger partial charge in [0, 0.05) is 17.3 Å². The molecule has 0 radical (unpaired) electrons. The van der Waals surface area contributed by atoms with Gasteiger partial charge in [0.15, 0.2) is 5.78 Å². The molecule has 1 atom stereocenters. The topological polar surface area (TPSA) is 50.2 Å². The van der Waals surface area contributed by atoms with Crippen LogP contribution < -0.4 is 0 Å². The number of aromatic nitrogens is 1. The molecule has 0 aliphatic heterocycles. The van der Waals surface area contributed by atoms with Gasteiger partial charge in [-0.05, 0) is 30.3 Å². The molecular formula is C13H9ClFNO2. The Balaban J connectivity index is 2.23. The second-order valence-electron chi connectivity index (χ2n) is 3.69. The lowest BCUT2D eigenvalue weighted by atomic mass is 10.0. The van der Waals surface area contributed by atoms with Gasteiger partial charge in [-0.3, -0.25) is 4.79 Å². The normalized spacial score (nSPS) is 12.2. The van der Waals surface area contributed by atoms with Gasteiger partial charge in [0.25, 0.3) is 0 Å². The molecule has 1 unspecified atom stereocenters. The third-order valence-electron chi connectivity index (χ3n) is 2.44. The summed E-state index contributed by atoms with van der Waals surface area (Å²) in [6.45, 7) is 0. The highest BCUT2D eigenvalue weighted by Crippen LogP contribution is 2.19. The van der Waals surface area contributed by atoms with E-state index in [4.69, 9.17) is 11.6 Å². The van der Waals surface area contributed by atoms with Gasteiger partial charge in [-0.15, -0.1) is 0 Å². The van der Waals surface area contributed by atoms with Crippen molar-refractivity contribution < 1.29 is 14.3 Å². The number of Topliss-reactive ketones (excluding diaryl/α,β-unsaturated/α-hetero) is 1. The first-order valence-electron chi connectivity index (χ1n) is 5.17. The first kappa shape index (κ1) is 12.7. The molecule has 0 spiro atoms. The fourth-order valence-corrected chi connectivity index (χ4v) is 1.58. The van der Waals surface area contributed by atoms with Crippen LogP contribution in [0.3, 0.4) is 0 Å². The molecule has 0 bridgehead atoms. The fourth-order valence-electron chi connectivity index (χ4n) is 1.47. The Bertz CT molecular complexity index is 554. The van der Waals surface area contributed by atoms with Crippen LogP contribution in [0.15, 0.2) is 42.6 Å². The number of aliphatic hydroxyl groups excluding tert-OH is 1. The minimum absolute atomic E-state index is 0.235. The molecule has 0 saturated heterocycles. The highest BCUT2D eigenvalue weighted by Gasteiger charge is 2.19. The van der Waals surface area contributed by atoms with Crippen molar-refractivity contribution in [2.24, 2.45) is 0 Å². The van der Waals surface area contributed by atoms with Gasteiger partial charge in [-0.25, -0.2) is 9.37 Å². The molecule has 18 heavy (non-hydrogen) atoms. The summed E-state index contributed by atoms with van der Waals surface area (Å²) in [6, 6.07) is 7.98. The molecular weight excluding hydrogens is 257 g/mol. The Hall–Kier alpha value is -1.78. The Labute approximate surface area is 108 Å². The summed E-state index contributed by atoms with van der Waals surface area (Å²) in [7, 11) is 0. The highest BCUT2D eigenvalue weighted by atomic mass is 35.5. The molecule has 1 N–H and O–H groups in total. The maximum Gasteiger partial charge on any atom is 0.195 e. The highest BCUT2D eigenvalue weighted by molar-refractivity contribution is 6.29. The molecule has 1 aromatic carbocycles. The molecule has 5 heteroatoms. The molecule has 0 amide bonds. The van der Waals surface area contributed by atoms with Gasteiger partial charge >= 0.3 is 0 Å². The van der Waals surface area contributed by atoms with Crippen molar-refractivity contribution in [3.05, 3.63) is 64.7 Å². The van der Waals surface area contributed by atoms with Crippen molar-refractivity contribution in [3.8, 4) is 0 Å². The summed E-state index contributed by atoms with van der Waals surface area (Å²) in [5.74, 6) is -0.951. The van der Waals surface area contributed by atoms with E-state index in [0.29, 0.717) is 5.56 Å². The summed E-state index contributed by atoms with van der Waals surface area (Å²) in [5, 5.41) is 10.2. The van der Waals surface area contributed by atoms with Crippen molar-refractivity contribution in [3.63, 3.8) is 0 Å². The first-order chi connectivity index (χ1) is 8.58. The van der Waals surface area contributed by atoms with Gasteiger partial charge in [-0.2, -0.15) is 0 Å². The van der Waals surface area contributed by atoms with Gasteiger partial charge < -0.3 is 5.11 Å². The van der Waals surface area contributed by atoms with Crippen LogP contribution in [-0.2, 0) is 0 Å². The van der Waals surface area contributed by atoms with E-state index in [1.165, 1.54) is 42.6 Å². The zero-order valence-corrected chi connectivity index (χ0v) is 9.93. The predicted octanol–water partition coefficient (Wildman–Crippen LogP) is 2.79. The summed E-state index contributed by atoms with van der Waals surface area (Å²) < 4.78 is 12.7. The molecule has 0 saturated carbocycles. The SMILES string of the molecule is O=C(c1ccc(F)cc1)C(O)c1ccc(Cl)nc1. The summed E-state index contributed by atoms with van der Waals surface area (Å²) in [5.41, 5.74) is 0.576. The van der Waals surface area contributed by atoms with Crippen LogP contribution in [0.4, 0.5) is 4.39 Å². The second kappa shape index (κ2) is 5.25. The molecule has 1 aromatic heterocycles. The molecule has 0 fully saturated rings. The quantitative estimate of drug-likeness (QED) is 0.686. The Morgan fingerprint density at radius 1 is 1.22 bits per heavy atom. The number of ketones is 1. The van der Waals surface area contributed by atoms with Crippen molar-refractivity contribution in [1.29, 1.82) is 0 Å². The van der Waals surface area contributed by atoms with Crippen LogP contribution in [0.1, 0.15) is 22.0 Å². The number of carbonyl (C=O) groups is 1. The number of hydrogen-bond donors (Lipinski definition) is 1. The second-order valence-corrected chi connectivity index (χ2v) is 4.08. The van der Waals surface area contributed by atoms with Crippen LogP contribution in [0.25, 0.3) is 0 Å². The van der Waals surface area contributed by atoms with E-state index >= 15 is 0 Å². The molecule has 1 heterocycles. The summed E-state index contributed by atoms with van der Waals surface area (Å²) in [6.07, 6.45) is -0.00532. The van der Waals surface area contributed by atoms with E-state index in [2.05, 4.69) is 4.98 Å². The van der Waals surface area contributed by atoms with Gasteiger partial charge in [0.05, 0.1) is 0 Å². The van der Waals surface area contributed by atoms with Crippen molar-refractivity contribution in [2.45, 2.75) is 6.10 Å². The minimum Gasteiger partial charge on any atom is -0.380 e. The van der Waals surface area contributed by atoms with E-state index in [0.717, 1.165) is 0 Å². The lowest BCUT2D eigenvalue weighted by Gasteiger charge is -2.09. The van der Waals surface area contributed by atoms with Crippen molar-refractivity contribution in [1.82, 2.24) is 4.98 Å². The molecule has 3 nitrogen and oxygen atoms in total. The maximum atomic E-state index is 12.7. The van der Waals surface area contributed by atoms with Gasteiger partial charge in [-0.1, -0.05) is 17.7 Å². The molecule has 2 rings (SSSR count). The number of halogens is 2. The zero-order chi connectivity index (χ0) is 13.1. The monoisotopic (exact) mass is 265 g/mol. The van der Waals surface area contributed by atoms with Crippen LogP contribution >= 0.6 is 11.6 Å². The van der Waals surface area contributed by atoms with E-state index in [9.17, 15) is 14.3 Å². The largest absolute Gasteiger partial charge is 0.380 e. The first-order valence-corrected chi connectivity index (χ1v) is 5.55. The van der Waals surface area contributed by atoms with Crippen LogP contribution in [0.5, 0.6) is 0 Å². The average Bonchev–Trinajstić information content (AvgIpc) is 2.39. The lowest BCUT2D eigenvalue weighted by molar-refractivity contribution is 0.0747. The third kappa shape index (κ3) is 2.72. The van der Waals surface area contributed by atoms with Crippen molar-refractivity contribution >= 4 is 17.4 Å². The van der Waals surface area contributed by atoms with Crippen molar-refractivity contribution in [2.75, 3.05) is 0 Å². The van der Waals surface area contributed by atoms with E-state index in [1.807, 2.05) is 0 Å². The zero-order valence-electron chi connectivity index (χ0n) is 9.18. The summed E-state index contributed by atoms with van der Waals surface area (Å²) >= 11 is 5.61. The third-order valence-corrected chi connectivity index (χ3v) is 2.67. The standard InChI is InChI=1S/C13H9ClFNO2/c14-11-6-3-9(7-16-11)13(18)12(17)8-1-4-10(15)5-2-8/h1-7,13,18H. The van der Waals surface area contributed by atoms with Crippen LogP contribution in [0.2, 0.25) is 5.15 Å². The van der Waals surface area contributed by atoms with E-state index in [1.54, 1.807) is 0 Å². The average molecular weight is 266 g/mol. The van der Waals surface area contributed by atoms with Crippen LogP contribution in [-0.4, -0.2) is 15.9 Å². The van der Waals surface area contributed by atoms with E-state index in [-0.39, 0.29) is 10.7 Å². The summed E-state index contributed by atoms with van der Waals surface area (Å²) in [4.78, 5) is 15.7. The predicted molar refractivity (Wildman–Crippen MR) is 64.9 cm³/mol. The lowest BCUT2D eigenvalue weighted by Crippen LogP contribution is -2.12. The number of pyridine rings is 1. The number of benzene rings is 1. The Kier molecular flexibility index (Phi) is 3.69. The molecule has 0 aliphatic rings. The number of rotatable bonds is 3. The minimum atomic E-state index is -1.33. The number of nitrogens with zero attached hydrogens (tertiary/aromatic N) is 1. The fraction of sp³-hybridized carbons (Fsp3) is 0.0769. The van der Waals surface area contributed by atoms with Gasteiger partial charge in [0.2, 0.25) is 0 Å². The maximum absolute atomic E-state index is 12.7. The smallest absolute Gasteiger partial charge is 0.195 e. The number of hydrogen-bond acceptors (Lipinski definition) is 3. The number of aliphatic hydroxyl groups is 1. The van der Waals surface area contributed by atoms with Gasteiger partial charge in [0.1, 0.15) is 17.1 Å². The molecule has 2 aromatic rings.